The summed E-state index contributed by atoms with van der Waals surface area (Å²) in [6, 6.07) is 16.5. The summed E-state index contributed by atoms with van der Waals surface area (Å²) in [5.41, 5.74) is 1.99. The Labute approximate surface area is 164 Å². The highest BCUT2D eigenvalue weighted by Gasteiger charge is 2.19. The molecule has 28 heavy (non-hydrogen) atoms. The van der Waals surface area contributed by atoms with Crippen LogP contribution < -0.4 is 0 Å². The van der Waals surface area contributed by atoms with Crippen LogP contribution in [0.2, 0.25) is 0 Å². The van der Waals surface area contributed by atoms with Crippen molar-refractivity contribution in [2.24, 2.45) is 0 Å². The first kappa shape index (κ1) is 18.1. The van der Waals surface area contributed by atoms with Crippen LogP contribution in [0.3, 0.4) is 0 Å². The zero-order valence-corrected chi connectivity index (χ0v) is 15.7. The molecule has 0 unspecified atom stereocenters. The van der Waals surface area contributed by atoms with Crippen LogP contribution >= 0.6 is 11.3 Å². The molecular formula is C21H15FN2O3S. The summed E-state index contributed by atoms with van der Waals surface area (Å²) < 4.78 is 19.9. The van der Waals surface area contributed by atoms with Crippen molar-refractivity contribution in [3.8, 4) is 5.69 Å². The number of nitrogens with zero attached hydrogens (tertiary/aromatic N) is 2. The van der Waals surface area contributed by atoms with Crippen LogP contribution in [0, 0.1) is 12.7 Å². The lowest BCUT2D eigenvalue weighted by molar-refractivity contribution is 0.0479. The molecule has 2 aromatic carbocycles. The van der Waals surface area contributed by atoms with Gasteiger partial charge in [0.15, 0.2) is 12.4 Å². The number of rotatable bonds is 5. The van der Waals surface area contributed by atoms with Gasteiger partial charge in [0.05, 0.1) is 11.4 Å². The Hall–Kier alpha value is -3.32. The van der Waals surface area contributed by atoms with Crippen molar-refractivity contribution in [1.82, 2.24) is 9.78 Å². The van der Waals surface area contributed by atoms with E-state index in [1.807, 2.05) is 37.3 Å². The van der Waals surface area contributed by atoms with Crippen molar-refractivity contribution in [3.63, 3.8) is 0 Å². The molecular weight excluding hydrogens is 379 g/mol. The van der Waals surface area contributed by atoms with Gasteiger partial charge in [-0.05, 0) is 49.4 Å². The number of benzene rings is 2. The summed E-state index contributed by atoms with van der Waals surface area (Å²) in [5.74, 6) is -1.39. The van der Waals surface area contributed by atoms with Crippen molar-refractivity contribution in [2.45, 2.75) is 6.92 Å². The molecule has 4 aromatic rings. The number of ketones is 1. The first-order valence-electron chi connectivity index (χ1n) is 8.53. The quantitative estimate of drug-likeness (QED) is 0.367. The predicted octanol–water partition coefficient (Wildman–Crippen LogP) is 4.57. The number of aryl methyl sites for hydroxylation is 1. The van der Waals surface area contributed by atoms with Crippen LogP contribution in [-0.2, 0) is 4.74 Å². The average molecular weight is 394 g/mol. The third-order valence-corrected chi connectivity index (χ3v) is 5.34. The minimum absolute atomic E-state index is 0.293. The van der Waals surface area contributed by atoms with E-state index >= 15 is 0 Å². The van der Waals surface area contributed by atoms with Crippen LogP contribution in [0.5, 0.6) is 0 Å². The number of carbonyl (C=O) groups excluding carboxylic acids is 2. The van der Waals surface area contributed by atoms with Gasteiger partial charge >= 0.3 is 5.97 Å². The van der Waals surface area contributed by atoms with Crippen LogP contribution in [0.15, 0.2) is 60.7 Å². The van der Waals surface area contributed by atoms with Gasteiger partial charge in [-0.25, -0.2) is 13.9 Å². The van der Waals surface area contributed by atoms with Crippen LogP contribution in [0.25, 0.3) is 15.9 Å². The molecule has 0 saturated heterocycles. The van der Waals surface area contributed by atoms with Gasteiger partial charge in [-0.2, -0.15) is 5.10 Å². The molecule has 5 nitrogen and oxygen atoms in total. The standard InChI is InChI=1S/C21H15FN2O3S/c1-13-17-11-19(28-20(17)24(23-13)16-5-3-2-4-6-16)21(26)27-12-18(25)14-7-9-15(22)10-8-14/h2-11H,12H2,1H3. The molecule has 0 N–H and O–H groups in total. The normalized spacial score (nSPS) is 10.9. The topological polar surface area (TPSA) is 61.2 Å². The molecule has 0 amide bonds. The summed E-state index contributed by atoms with van der Waals surface area (Å²) in [7, 11) is 0. The highest BCUT2D eigenvalue weighted by molar-refractivity contribution is 7.20. The Morgan fingerprint density at radius 2 is 1.82 bits per heavy atom. The Kier molecular flexibility index (Phi) is 4.75. The van der Waals surface area contributed by atoms with Gasteiger partial charge in [0.25, 0.3) is 0 Å². The highest BCUT2D eigenvalue weighted by Crippen LogP contribution is 2.30. The monoisotopic (exact) mass is 394 g/mol. The van der Waals surface area contributed by atoms with Gasteiger partial charge in [-0.1, -0.05) is 18.2 Å². The van der Waals surface area contributed by atoms with E-state index in [0.29, 0.717) is 10.4 Å². The summed E-state index contributed by atoms with van der Waals surface area (Å²) in [4.78, 5) is 25.7. The van der Waals surface area contributed by atoms with E-state index in [9.17, 15) is 14.0 Å². The van der Waals surface area contributed by atoms with E-state index in [2.05, 4.69) is 5.10 Å². The lowest BCUT2D eigenvalue weighted by Gasteiger charge is -2.03. The lowest BCUT2D eigenvalue weighted by atomic mass is 10.1. The zero-order chi connectivity index (χ0) is 19.7. The summed E-state index contributed by atoms with van der Waals surface area (Å²) in [5, 5.41) is 5.40. The average Bonchev–Trinajstić information content (AvgIpc) is 3.28. The number of hydrogen-bond acceptors (Lipinski definition) is 5. The maximum Gasteiger partial charge on any atom is 0.348 e. The van der Waals surface area contributed by atoms with Crippen LogP contribution in [-0.4, -0.2) is 28.1 Å². The van der Waals surface area contributed by atoms with Gasteiger partial charge in [0.2, 0.25) is 0 Å². The number of fused-ring (bicyclic) bond motifs is 1. The second-order valence-electron chi connectivity index (χ2n) is 6.17. The Morgan fingerprint density at radius 1 is 1.11 bits per heavy atom. The molecule has 0 spiro atoms. The molecule has 140 valence electrons. The van der Waals surface area contributed by atoms with Gasteiger partial charge in [0, 0.05) is 10.9 Å². The van der Waals surface area contributed by atoms with Crippen molar-refractivity contribution < 1.29 is 18.7 Å². The highest BCUT2D eigenvalue weighted by atomic mass is 32.1. The van der Waals surface area contributed by atoms with Gasteiger partial charge in [-0.3, -0.25) is 4.79 Å². The number of carbonyl (C=O) groups is 2. The third-order valence-electron chi connectivity index (χ3n) is 4.25. The molecule has 4 rings (SSSR count). The number of aromatic nitrogens is 2. The minimum atomic E-state index is -0.573. The Morgan fingerprint density at radius 3 is 2.54 bits per heavy atom. The molecule has 0 fully saturated rings. The number of ether oxygens (including phenoxy) is 1. The van der Waals surface area contributed by atoms with E-state index < -0.39 is 18.4 Å². The number of para-hydroxylation sites is 1. The third kappa shape index (κ3) is 3.44. The van der Waals surface area contributed by atoms with E-state index in [-0.39, 0.29) is 5.78 Å². The van der Waals surface area contributed by atoms with Crippen LogP contribution in [0.4, 0.5) is 4.39 Å². The molecule has 0 saturated carbocycles. The largest absolute Gasteiger partial charge is 0.453 e. The maximum atomic E-state index is 12.9. The molecule has 0 aliphatic heterocycles. The predicted molar refractivity (Wildman–Crippen MR) is 105 cm³/mol. The fraction of sp³-hybridized carbons (Fsp3) is 0.0952. The van der Waals surface area contributed by atoms with Crippen molar-refractivity contribution in [1.29, 1.82) is 0 Å². The Balaban J connectivity index is 1.53. The number of halogens is 1. The molecule has 0 radical (unpaired) electrons. The van der Waals surface area contributed by atoms with Crippen molar-refractivity contribution >= 4 is 33.3 Å². The van der Waals surface area contributed by atoms with Gasteiger partial charge < -0.3 is 4.74 Å². The van der Waals surface area contributed by atoms with Crippen molar-refractivity contribution in [2.75, 3.05) is 6.61 Å². The van der Waals surface area contributed by atoms with E-state index in [4.69, 9.17) is 4.74 Å². The summed E-state index contributed by atoms with van der Waals surface area (Å²) in [6.45, 7) is 1.48. The molecule has 2 heterocycles. The fourth-order valence-electron chi connectivity index (χ4n) is 2.81. The molecule has 0 atom stereocenters. The lowest BCUT2D eigenvalue weighted by Crippen LogP contribution is -2.13. The number of Topliss-reactive ketones (excluding diaryl/α,β-unsaturated/α-hetero) is 1. The first-order chi connectivity index (χ1) is 13.5. The number of esters is 1. The molecule has 2 aromatic heterocycles. The zero-order valence-electron chi connectivity index (χ0n) is 14.9. The van der Waals surface area contributed by atoms with Crippen LogP contribution in [0.1, 0.15) is 25.7 Å². The first-order valence-corrected chi connectivity index (χ1v) is 9.35. The van der Waals surface area contributed by atoms with Gasteiger partial charge in [-0.15, -0.1) is 11.3 Å². The number of hydrogen-bond donors (Lipinski definition) is 0. The summed E-state index contributed by atoms with van der Waals surface area (Å²) >= 11 is 1.26. The Bertz CT molecular complexity index is 1160. The summed E-state index contributed by atoms with van der Waals surface area (Å²) in [6.07, 6.45) is 0. The SMILES string of the molecule is Cc1nn(-c2ccccc2)c2sc(C(=O)OCC(=O)c3ccc(F)cc3)cc12. The fourth-order valence-corrected chi connectivity index (χ4v) is 3.89. The molecule has 7 heteroatoms. The molecule has 0 aliphatic carbocycles. The van der Waals surface area contributed by atoms with E-state index in [1.54, 1.807) is 10.7 Å². The second-order valence-corrected chi connectivity index (χ2v) is 7.20. The van der Waals surface area contributed by atoms with E-state index in [1.165, 1.54) is 35.6 Å². The second kappa shape index (κ2) is 7.36. The maximum absolute atomic E-state index is 12.9. The smallest absolute Gasteiger partial charge is 0.348 e. The molecule has 0 aliphatic rings. The number of thiophene rings is 1. The minimum Gasteiger partial charge on any atom is -0.453 e. The van der Waals surface area contributed by atoms with E-state index in [0.717, 1.165) is 21.6 Å². The van der Waals surface area contributed by atoms with Crippen molar-refractivity contribution in [3.05, 3.63) is 82.6 Å². The van der Waals surface area contributed by atoms with Gasteiger partial charge in [0.1, 0.15) is 15.5 Å². The molecule has 0 bridgehead atoms.